The number of rotatable bonds is 7. The number of carboxylic acid groups (broad SMARTS) is 1. The predicted molar refractivity (Wildman–Crippen MR) is 73.1 cm³/mol. The number of nitrogens with one attached hydrogen (secondary N) is 1. The standard InChI is InChI=1S/C14H19NO5/c1-9-4-5-10(6-12(9)20-3)14(18)15-8-11(19-2)7-13(16)17/h4-6,11H,7-8H2,1-3H3,(H,15,18)(H,16,17). The van der Waals surface area contributed by atoms with Crippen LogP contribution in [0.4, 0.5) is 0 Å². The van der Waals surface area contributed by atoms with E-state index >= 15 is 0 Å². The van der Waals surface area contributed by atoms with Crippen molar-refractivity contribution in [3.63, 3.8) is 0 Å². The second kappa shape index (κ2) is 7.49. The molecule has 110 valence electrons. The van der Waals surface area contributed by atoms with Crippen molar-refractivity contribution in [3.05, 3.63) is 29.3 Å². The fraction of sp³-hybridized carbons (Fsp3) is 0.429. The Kier molecular flexibility index (Phi) is 5.99. The summed E-state index contributed by atoms with van der Waals surface area (Å²) in [6.45, 7) is 2.02. The van der Waals surface area contributed by atoms with Crippen molar-refractivity contribution in [2.24, 2.45) is 0 Å². The monoisotopic (exact) mass is 281 g/mol. The number of hydrogen-bond acceptors (Lipinski definition) is 4. The Balaban J connectivity index is 2.64. The summed E-state index contributed by atoms with van der Waals surface area (Å²) >= 11 is 0. The maximum Gasteiger partial charge on any atom is 0.306 e. The first-order valence-corrected chi connectivity index (χ1v) is 6.15. The van der Waals surface area contributed by atoms with Gasteiger partial charge in [-0.1, -0.05) is 6.07 Å². The summed E-state index contributed by atoms with van der Waals surface area (Å²) in [6.07, 6.45) is -0.711. The van der Waals surface area contributed by atoms with E-state index in [0.717, 1.165) is 5.56 Å². The van der Waals surface area contributed by atoms with Crippen LogP contribution >= 0.6 is 0 Å². The molecule has 1 aromatic rings. The van der Waals surface area contributed by atoms with E-state index in [1.165, 1.54) is 14.2 Å². The van der Waals surface area contributed by atoms with Crippen LogP contribution in [0.25, 0.3) is 0 Å². The number of carboxylic acids is 1. The first-order valence-electron chi connectivity index (χ1n) is 6.15. The number of aryl methyl sites for hydroxylation is 1. The normalized spacial score (nSPS) is 11.8. The van der Waals surface area contributed by atoms with Crippen LogP contribution in [0.5, 0.6) is 5.75 Å². The molecule has 0 saturated carbocycles. The van der Waals surface area contributed by atoms with E-state index in [9.17, 15) is 9.59 Å². The Morgan fingerprint density at radius 2 is 2.05 bits per heavy atom. The molecule has 2 N–H and O–H groups in total. The van der Waals surface area contributed by atoms with Crippen LogP contribution in [0.1, 0.15) is 22.3 Å². The highest BCUT2D eigenvalue weighted by atomic mass is 16.5. The number of amides is 1. The average molecular weight is 281 g/mol. The lowest BCUT2D eigenvalue weighted by Gasteiger charge is -2.14. The Labute approximate surface area is 117 Å². The zero-order chi connectivity index (χ0) is 15.1. The SMILES string of the molecule is COc1cc(C(=O)NCC(CC(=O)O)OC)ccc1C. The second-order valence-electron chi connectivity index (χ2n) is 4.35. The van der Waals surface area contributed by atoms with Gasteiger partial charge in [0.25, 0.3) is 5.91 Å². The number of ether oxygens (including phenoxy) is 2. The minimum absolute atomic E-state index is 0.137. The van der Waals surface area contributed by atoms with Crippen molar-refractivity contribution in [1.29, 1.82) is 0 Å². The molecule has 1 atom stereocenters. The molecule has 0 aromatic heterocycles. The predicted octanol–water partition coefficient (Wildman–Crippen LogP) is 1.22. The van der Waals surface area contributed by atoms with Crippen LogP contribution in [0, 0.1) is 6.92 Å². The summed E-state index contributed by atoms with van der Waals surface area (Å²) < 4.78 is 10.1. The molecule has 0 saturated heterocycles. The van der Waals surface area contributed by atoms with Crippen molar-refractivity contribution < 1.29 is 24.2 Å². The Bertz CT molecular complexity index is 486. The van der Waals surface area contributed by atoms with Gasteiger partial charge in [0.15, 0.2) is 0 Å². The van der Waals surface area contributed by atoms with E-state index in [4.69, 9.17) is 14.6 Å². The molecule has 6 heteroatoms. The molecule has 0 aliphatic rings. The number of hydrogen-bond donors (Lipinski definition) is 2. The summed E-state index contributed by atoms with van der Waals surface area (Å²) in [4.78, 5) is 22.6. The summed E-state index contributed by atoms with van der Waals surface area (Å²) in [5, 5.41) is 11.3. The molecule has 6 nitrogen and oxygen atoms in total. The van der Waals surface area contributed by atoms with Gasteiger partial charge in [0, 0.05) is 19.2 Å². The highest BCUT2D eigenvalue weighted by molar-refractivity contribution is 5.94. The van der Waals surface area contributed by atoms with Crippen molar-refractivity contribution in [2.75, 3.05) is 20.8 Å². The molecule has 0 aliphatic carbocycles. The van der Waals surface area contributed by atoms with Gasteiger partial charge in [-0.05, 0) is 24.6 Å². The largest absolute Gasteiger partial charge is 0.496 e. The maximum absolute atomic E-state index is 12.0. The number of carbonyl (C=O) groups is 2. The molecule has 0 radical (unpaired) electrons. The lowest BCUT2D eigenvalue weighted by Crippen LogP contribution is -2.34. The van der Waals surface area contributed by atoms with Gasteiger partial charge in [0.1, 0.15) is 5.75 Å². The Hall–Kier alpha value is -2.08. The van der Waals surface area contributed by atoms with Gasteiger partial charge in [-0.25, -0.2) is 0 Å². The number of aliphatic carboxylic acids is 1. The summed E-state index contributed by atoms with van der Waals surface area (Å²) in [5.41, 5.74) is 1.39. The van der Waals surface area contributed by atoms with Gasteiger partial charge in [0.05, 0.1) is 19.6 Å². The minimum atomic E-state index is -0.969. The molecule has 1 aromatic carbocycles. The number of carbonyl (C=O) groups excluding carboxylic acids is 1. The lowest BCUT2D eigenvalue weighted by molar-refractivity contribution is -0.139. The quantitative estimate of drug-likeness (QED) is 0.785. The molecule has 1 amide bonds. The minimum Gasteiger partial charge on any atom is -0.496 e. The second-order valence-corrected chi connectivity index (χ2v) is 4.35. The van der Waals surface area contributed by atoms with Crippen LogP contribution in [-0.2, 0) is 9.53 Å². The van der Waals surface area contributed by atoms with E-state index in [-0.39, 0.29) is 18.9 Å². The van der Waals surface area contributed by atoms with Crippen LogP contribution in [0.3, 0.4) is 0 Å². The van der Waals surface area contributed by atoms with Crippen LogP contribution < -0.4 is 10.1 Å². The van der Waals surface area contributed by atoms with E-state index in [1.54, 1.807) is 18.2 Å². The number of benzene rings is 1. The molecule has 0 fully saturated rings. The van der Waals surface area contributed by atoms with Crippen LogP contribution in [0.2, 0.25) is 0 Å². The van der Waals surface area contributed by atoms with E-state index < -0.39 is 12.1 Å². The summed E-state index contributed by atoms with van der Waals surface area (Å²) in [5.74, 6) is -0.634. The molecular formula is C14H19NO5. The van der Waals surface area contributed by atoms with Gasteiger partial charge >= 0.3 is 5.97 Å². The third-order valence-corrected chi connectivity index (χ3v) is 2.90. The van der Waals surface area contributed by atoms with Gasteiger partial charge in [-0.15, -0.1) is 0 Å². The highest BCUT2D eigenvalue weighted by Crippen LogP contribution is 2.18. The van der Waals surface area contributed by atoms with Gasteiger partial charge in [-0.2, -0.15) is 0 Å². The number of methoxy groups -OCH3 is 2. The fourth-order valence-electron chi connectivity index (χ4n) is 1.70. The third kappa shape index (κ3) is 4.55. The van der Waals surface area contributed by atoms with Crippen molar-refractivity contribution in [1.82, 2.24) is 5.32 Å². The van der Waals surface area contributed by atoms with Crippen LogP contribution in [0.15, 0.2) is 18.2 Å². The highest BCUT2D eigenvalue weighted by Gasteiger charge is 2.15. The smallest absolute Gasteiger partial charge is 0.306 e. The van der Waals surface area contributed by atoms with E-state index in [2.05, 4.69) is 5.32 Å². The van der Waals surface area contributed by atoms with Gasteiger partial charge in [0.2, 0.25) is 0 Å². The van der Waals surface area contributed by atoms with Crippen molar-refractivity contribution >= 4 is 11.9 Å². The van der Waals surface area contributed by atoms with Gasteiger partial charge < -0.3 is 19.9 Å². The first-order chi connectivity index (χ1) is 9.47. The van der Waals surface area contributed by atoms with E-state index in [1.807, 2.05) is 6.92 Å². The Morgan fingerprint density at radius 1 is 1.35 bits per heavy atom. The molecule has 0 heterocycles. The fourth-order valence-corrected chi connectivity index (χ4v) is 1.70. The molecule has 20 heavy (non-hydrogen) atoms. The Morgan fingerprint density at radius 3 is 2.60 bits per heavy atom. The molecular weight excluding hydrogens is 262 g/mol. The summed E-state index contributed by atoms with van der Waals surface area (Å²) in [6, 6.07) is 5.12. The molecule has 0 bridgehead atoms. The zero-order valence-electron chi connectivity index (χ0n) is 11.8. The average Bonchev–Trinajstić information content (AvgIpc) is 2.43. The third-order valence-electron chi connectivity index (χ3n) is 2.90. The maximum atomic E-state index is 12.0. The topological polar surface area (TPSA) is 84.9 Å². The van der Waals surface area contributed by atoms with E-state index in [0.29, 0.717) is 11.3 Å². The van der Waals surface area contributed by atoms with Crippen molar-refractivity contribution in [2.45, 2.75) is 19.4 Å². The van der Waals surface area contributed by atoms with Crippen LogP contribution in [-0.4, -0.2) is 43.9 Å². The molecule has 0 spiro atoms. The van der Waals surface area contributed by atoms with Gasteiger partial charge in [-0.3, -0.25) is 9.59 Å². The summed E-state index contributed by atoms with van der Waals surface area (Å²) in [7, 11) is 2.95. The zero-order valence-corrected chi connectivity index (χ0v) is 11.8. The lowest BCUT2D eigenvalue weighted by atomic mass is 10.1. The molecule has 0 aliphatic heterocycles. The van der Waals surface area contributed by atoms with Crippen molar-refractivity contribution in [3.8, 4) is 5.75 Å². The first kappa shape index (κ1) is 16.0. The molecule has 1 rings (SSSR count). The molecule has 1 unspecified atom stereocenters.